The summed E-state index contributed by atoms with van der Waals surface area (Å²) in [5.74, 6) is -0.375. The fourth-order valence-corrected chi connectivity index (χ4v) is 1.32. The zero-order valence-corrected chi connectivity index (χ0v) is 9.71. The molecule has 0 unspecified atom stereocenters. The highest BCUT2D eigenvalue weighted by Crippen LogP contribution is 2.08. The molecule has 0 atom stereocenters. The summed E-state index contributed by atoms with van der Waals surface area (Å²) in [5.41, 5.74) is 7.00. The van der Waals surface area contributed by atoms with Gasteiger partial charge in [0.2, 0.25) is 5.91 Å². The van der Waals surface area contributed by atoms with Crippen molar-refractivity contribution in [3.8, 4) is 12.1 Å². The minimum absolute atomic E-state index is 0.104. The van der Waals surface area contributed by atoms with Crippen LogP contribution >= 0.6 is 0 Å². The summed E-state index contributed by atoms with van der Waals surface area (Å²) in [7, 11) is 0. The Morgan fingerprint density at radius 3 is 2.56 bits per heavy atom. The van der Waals surface area contributed by atoms with E-state index in [1.807, 2.05) is 12.1 Å². The van der Waals surface area contributed by atoms with E-state index in [0.29, 0.717) is 5.69 Å². The highest BCUT2D eigenvalue weighted by molar-refractivity contribution is 5.92. The molecule has 0 spiro atoms. The molecular formula is C13H12N4O. The molecule has 0 saturated carbocycles. The second-order valence-corrected chi connectivity index (χ2v) is 3.51. The van der Waals surface area contributed by atoms with Gasteiger partial charge in [-0.15, -0.1) is 0 Å². The van der Waals surface area contributed by atoms with Crippen LogP contribution in [0.2, 0.25) is 0 Å². The van der Waals surface area contributed by atoms with Crippen molar-refractivity contribution in [3.63, 3.8) is 0 Å². The molecule has 90 valence electrons. The summed E-state index contributed by atoms with van der Waals surface area (Å²) in [5, 5.41) is 17.1. The molecule has 0 aliphatic rings. The molecule has 0 bridgehead atoms. The van der Waals surface area contributed by atoms with Crippen molar-refractivity contribution in [2.24, 2.45) is 0 Å². The molecule has 0 aromatic heterocycles. The molecule has 0 aliphatic heterocycles. The Morgan fingerprint density at radius 1 is 1.33 bits per heavy atom. The predicted octanol–water partition coefficient (Wildman–Crippen LogP) is 1.16. The minimum atomic E-state index is -0.375. The van der Waals surface area contributed by atoms with Gasteiger partial charge in [0.1, 0.15) is 13.1 Å². The SMILES string of the molecule is N#CCN(CC#N)C(=O)/C=C/c1cccc(N)c1. The van der Waals surface area contributed by atoms with Crippen molar-refractivity contribution in [2.75, 3.05) is 18.8 Å². The van der Waals surface area contributed by atoms with Crippen molar-refractivity contribution in [1.82, 2.24) is 4.90 Å². The normalized spacial score (nSPS) is 9.67. The van der Waals surface area contributed by atoms with Crippen molar-refractivity contribution in [2.45, 2.75) is 0 Å². The van der Waals surface area contributed by atoms with Crippen LogP contribution in [0.25, 0.3) is 6.08 Å². The average molecular weight is 240 g/mol. The molecule has 2 N–H and O–H groups in total. The molecule has 1 aromatic carbocycles. The molecule has 5 nitrogen and oxygen atoms in total. The average Bonchev–Trinajstić information content (AvgIpc) is 2.36. The number of nitrogen functional groups attached to an aromatic ring is 1. The number of anilines is 1. The van der Waals surface area contributed by atoms with E-state index in [1.165, 1.54) is 6.08 Å². The summed E-state index contributed by atoms with van der Waals surface area (Å²) in [6.45, 7) is -0.207. The molecule has 0 saturated heterocycles. The van der Waals surface area contributed by atoms with Crippen LogP contribution in [0.4, 0.5) is 5.69 Å². The third kappa shape index (κ3) is 3.99. The highest BCUT2D eigenvalue weighted by Gasteiger charge is 2.08. The Balaban J connectivity index is 2.74. The van der Waals surface area contributed by atoms with E-state index >= 15 is 0 Å². The van der Waals surface area contributed by atoms with Crippen LogP contribution in [-0.4, -0.2) is 23.9 Å². The summed E-state index contributed by atoms with van der Waals surface area (Å²) in [6, 6.07) is 10.7. The number of nitrogens with zero attached hydrogens (tertiary/aromatic N) is 3. The number of rotatable bonds is 4. The number of nitriles is 2. The van der Waals surface area contributed by atoms with E-state index in [9.17, 15) is 4.79 Å². The zero-order valence-electron chi connectivity index (χ0n) is 9.71. The summed E-state index contributed by atoms with van der Waals surface area (Å²) >= 11 is 0. The number of nitrogens with two attached hydrogens (primary N) is 1. The summed E-state index contributed by atoms with van der Waals surface area (Å²) in [6.07, 6.45) is 2.92. The highest BCUT2D eigenvalue weighted by atomic mass is 16.2. The van der Waals surface area contributed by atoms with Gasteiger partial charge in [-0.25, -0.2) is 0 Å². The minimum Gasteiger partial charge on any atom is -0.399 e. The maximum absolute atomic E-state index is 11.7. The van der Waals surface area contributed by atoms with Gasteiger partial charge >= 0.3 is 0 Å². The summed E-state index contributed by atoms with van der Waals surface area (Å²) < 4.78 is 0. The number of carbonyl (C=O) groups excluding carboxylic acids is 1. The van der Waals surface area contributed by atoms with Gasteiger partial charge in [-0.3, -0.25) is 4.79 Å². The lowest BCUT2D eigenvalue weighted by Crippen LogP contribution is -2.30. The third-order valence-electron chi connectivity index (χ3n) is 2.16. The maximum atomic E-state index is 11.7. The van der Waals surface area contributed by atoms with Gasteiger partial charge in [-0.05, 0) is 23.8 Å². The molecule has 5 heteroatoms. The van der Waals surface area contributed by atoms with Gasteiger partial charge in [-0.1, -0.05) is 12.1 Å². The quantitative estimate of drug-likeness (QED) is 0.485. The van der Waals surface area contributed by atoms with Crippen LogP contribution in [0, 0.1) is 22.7 Å². The van der Waals surface area contributed by atoms with Crippen LogP contribution in [-0.2, 0) is 4.79 Å². The lowest BCUT2D eigenvalue weighted by atomic mass is 10.2. The van der Waals surface area contributed by atoms with Gasteiger partial charge in [-0.2, -0.15) is 10.5 Å². The first-order chi connectivity index (χ1) is 8.67. The zero-order chi connectivity index (χ0) is 13.4. The first kappa shape index (κ1) is 13.3. The predicted molar refractivity (Wildman–Crippen MR) is 67.7 cm³/mol. The molecule has 0 aliphatic carbocycles. The van der Waals surface area contributed by atoms with Gasteiger partial charge in [0.05, 0.1) is 12.1 Å². The van der Waals surface area contributed by atoms with Crippen molar-refractivity contribution < 1.29 is 4.79 Å². The van der Waals surface area contributed by atoms with E-state index in [2.05, 4.69) is 0 Å². The van der Waals surface area contributed by atoms with Gasteiger partial charge in [0.25, 0.3) is 0 Å². The Kier molecular flexibility index (Phi) is 4.96. The van der Waals surface area contributed by atoms with Crippen LogP contribution in [0.1, 0.15) is 5.56 Å². The number of hydrogen-bond donors (Lipinski definition) is 1. The third-order valence-corrected chi connectivity index (χ3v) is 2.16. The second-order valence-electron chi connectivity index (χ2n) is 3.51. The van der Waals surface area contributed by atoms with Crippen molar-refractivity contribution in [1.29, 1.82) is 10.5 Å². The van der Waals surface area contributed by atoms with Crippen LogP contribution < -0.4 is 5.73 Å². The van der Waals surface area contributed by atoms with E-state index < -0.39 is 0 Å². The van der Waals surface area contributed by atoms with Crippen LogP contribution in [0.3, 0.4) is 0 Å². The molecule has 0 fully saturated rings. The molecule has 0 radical (unpaired) electrons. The largest absolute Gasteiger partial charge is 0.399 e. The molecule has 1 amide bonds. The molecular weight excluding hydrogens is 228 g/mol. The second kappa shape index (κ2) is 6.72. The van der Waals surface area contributed by atoms with E-state index in [4.69, 9.17) is 16.3 Å². The lowest BCUT2D eigenvalue weighted by Gasteiger charge is -2.12. The smallest absolute Gasteiger partial charge is 0.248 e. The topological polar surface area (TPSA) is 93.9 Å². The molecule has 18 heavy (non-hydrogen) atoms. The van der Waals surface area contributed by atoms with Gasteiger partial charge in [0.15, 0.2) is 0 Å². The molecule has 0 heterocycles. The van der Waals surface area contributed by atoms with Crippen LogP contribution in [0.15, 0.2) is 30.3 Å². The number of carbonyl (C=O) groups is 1. The van der Waals surface area contributed by atoms with E-state index in [0.717, 1.165) is 10.5 Å². The van der Waals surface area contributed by atoms with Crippen molar-refractivity contribution >= 4 is 17.7 Å². The Bertz CT molecular complexity index is 521. The summed E-state index contributed by atoms with van der Waals surface area (Å²) in [4.78, 5) is 12.8. The fraction of sp³-hybridized carbons (Fsp3) is 0.154. The Morgan fingerprint density at radius 2 is 2.00 bits per heavy atom. The molecule has 1 rings (SSSR count). The molecule has 1 aromatic rings. The van der Waals surface area contributed by atoms with Gasteiger partial charge in [0, 0.05) is 11.8 Å². The Hall–Kier alpha value is -2.79. The first-order valence-corrected chi connectivity index (χ1v) is 5.24. The standard InChI is InChI=1S/C13H12N4O/c14-6-8-17(9-7-15)13(18)5-4-11-2-1-3-12(16)10-11/h1-5,10H,8-9,16H2/b5-4+. The van der Waals surface area contributed by atoms with Crippen molar-refractivity contribution in [3.05, 3.63) is 35.9 Å². The van der Waals surface area contributed by atoms with Gasteiger partial charge < -0.3 is 10.6 Å². The lowest BCUT2D eigenvalue weighted by molar-refractivity contribution is -0.124. The number of benzene rings is 1. The number of amides is 1. The van der Waals surface area contributed by atoms with E-state index in [-0.39, 0.29) is 19.0 Å². The fourth-order valence-electron chi connectivity index (χ4n) is 1.32. The monoisotopic (exact) mass is 240 g/mol. The maximum Gasteiger partial charge on any atom is 0.248 e. The number of hydrogen-bond acceptors (Lipinski definition) is 4. The first-order valence-electron chi connectivity index (χ1n) is 5.24. The Labute approximate surface area is 105 Å². The van der Waals surface area contributed by atoms with Crippen LogP contribution in [0.5, 0.6) is 0 Å². The van der Waals surface area contributed by atoms with E-state index in [1.54, 1.807) is 30.3 Å².